The number of ether oxygens (including phenoxy) is 2. The number of pyridine rings is 1. The summed E-state index contributed by atoms with van der Waals surface area (Å²) in [7, 11) is 1.68. The van der Waals surface area contributed by atoms with E-state index in [1.54, 1.807) is 13.1 Å². The molecule has 10 heteroatoms. The second-order valence-corrected chi connectivity index (χ2v) is 7.63. The lowest BCUT2D eigenvalue weighted by Gasteiger charge is -2.38. The van der Waals surface area contributed by atoms with Crippen molar-refractivity contribution in [3.8, 4) is 11.6 Å². The molecule has 1 aromatic heterocycles. The van der Waals surface area contributed by atoms with Crippen LogP contribution in [0.15, 0.2) is 47.6 Å². The van der Waals surface area contributed by atoms with Crippen molar-refractivity contribution in [2.75, 3.05) is 13.7 Å². The quantitative estimate of drug-likeness (QED) is 0.324. The van der Waals surface area contributed by atoms with Gasteiger partial charge in [0.25, 0.3) is 0 Å². The van der Waals surface area contributed by atoms with Gasteiger partial charge in [-0.3, -0.25) is 4.99 Å². The molecule has 0 fully saturated rings. The predicted molar refractivity (Wildman–Crippen MR) is 123 cm³/mol. The maximum absolute atomic E-state index is 12.2. The minimum Gasteiger partial charge on any atom is -0.487 e. The molecule has 170 valence electrons. The third-order valence-electron chi connectivity index (χ3n) is 4.55. The molecule has 1 atom stereocenters. The van der Waals surface area contributed by atoms with Gasteiger partial charge in [0.1, 0.15) is 11.4 Å². The van der Waals surface area contributed by atoms with E-state index in [1.165, 1.54) is 12.3 Å². The first-order valence-electron chi connectivity index (χ1n) is 9.55. The number of para-hydroxylation sites is 1. The molecule has 0 saturated carbocycles. The summed E-state index contributed by atoms with van der Waals surface area (Å²) in [6.45, 7) is 3.13. The fourth-order valence-corrected chi connectivity index (χ4v) is 3.23. The third-order valence-corrected chi connectivity index (χ3v) is 4.55. The number of aliphatic imine (C=N–C) groups is 1. The average Bonchev–Trinajstić information content (AvgIpc) is 2.68. The Bertz CT molecular complexity index is 889. The zero-order valence-corrected chi connectivity index (χ0v) is 19.8. The smallest absolute Gasteiger partial charge is 0.422 e. The molecule has 0 bridgehead atoms. The monoisotopic (exact) mass is 550 g/mol. The number of halogens is 4. The Hall–Kier alpha value is -2.24. The number of guanidine groups is 1. The summed E-state index contributed by atoms with van der Waals surface area (Å²) in [5, 5.41) is 6.63. The second-order valence-electron chi connectivity index (χ2n) is 7.63. The molecule has 2 N–H and O–H groups in total. The Kier molecular flexibility index (Phi) is 8.38. The average molecular weight is 550 g/mol. The maximum atomic E-state index is 12.2. The van der Waals surface area contributed by atoms with Crippen LogP contribution in [0.3, 0.4) is 0 Å². The van der Waals surface area contributed by atoms with E-state index in [-0.39, 0.29) is 41.5 Å². The third kappa shape index (κ3) is 7.44. The first kappa shape index (κ1) is 25.0. The number of rotatable bonds is 5. The van der Waals surface area contributed by atoms with Crippen molar-refractivity contribution in [3.63, 3.8) is 0 Å². The Labute approximate surface area is 196 Å². The van der Waals surface area contributed by atoms with Crippen LogP contribution < -0.4 is 20.1 Å². The molecule has 2 heterocycles. The van der Waals surface area contributed by atoms with Gasteiger partial charge in [-0.1, -0.05) is 24.3 Å². The molecule has 1 unspecified atom stereocenters. The van der Waals surface area contributed by atoms with Crippen LogP contribution in [0.1, 0.15) is 37.4 Å². The molecule has 1 aliphatic rings. The summed E-state index contributed by atoms with van der Waals surface area (Å²) < 4.78 is 47.3. The van der Waals surface area contributed by atoms with Gasteiger partial charge < -0.3 is 20.1 Å². The lowest BCUT2D eigenvalue weighted by atomic mass is 9.90. The number of hydrogen-bond donors (Lipinski definition) is 2. The zero-order valence-electron chi connectivity index (χ0n) is 17.5. The summed E-state index contributed by atoms with van der Waals surface area (Å²) in [6.07, 6.45) is -2.16. The van der Waals surface area contributed by atoms with E-state index < -0.39 is 12.8 Å². The molecule has 0 spiro atoms. The SMILES string of the molecule is CN=C(NCc1ccc(OCC(F)(F)F)nc1)NC1CC(C)(C)Oc2ccccc21.I. The zero-order chi connectivity index (χ0) is 21.8. The van der Waals surface area contributed by atoms with E-state index in [2.05, 4.69) is 25.3 Å². The van der Waals surface area contributed by atoms with Crippen molar-refractivity contribution in [3.05, 3.63) is 53.7 Å². The molecule has 0 saturated heterocycles. The second kappa shape index (κ2) is 10.4. The topological polar surface area (TPSA) is 67.8 Å². The van der Waals surface area contributed by atoms with Crippen molar-refractivity contribution >= 4 is 29.9 Å². The number of nitrogens with zero attached hydrogens (tertiary/aromatic N) is 2. The molecule has 1 aliphatic heterocycles. The van der Waals surface area contributed by atoms with Gasteiger partial charge in [0, 0.05) is 37.8 Å². The van der Waals surface area contributed by atoms with E-state index in [4.69, 9.17) is 4.74 Å². The molecular formula is C21H26F3IN4O2. The normalized spacial score (nSPS) is 17.6. The van der Waals surface area contributed by atoms with E-state index in [0.29, 0.717) is 12.5 Å². The largest absolute Gasteiger partial charge is 0.487 e. The van der Waals surface area contributed by atoms with Crippen LogP contribution in [0, 0.1) is 0 Å². The number of alkyl halides is 3. The molecule has 6 nitrogen and oxygen atoms in total. The number of hydrogen-bond acceptors (Lipinski definition) is 4. The molecule has 2 aromatic rings. The van der Waals surface area contributed by atoms with Crippen molar-refractivity contribution in [2.24, 2.45) is 4.99 Å². The number of benzene rings is 1. The van der Waals surface area contributed by atoms with E-state index >= 15 is 0 Å². The van der Waals surface area contributed by atoms with Crippen LogP contribution in [-0.2, 0) is 6.54 Å². The van der Waals surface area contributed by atoms with Crippen molar-refractivity contribution in [1.82, 2.24) is 15.6 Å². The molecule has 0 radical (unpaired) electrons. The summed E-state index contributed by atoms with van der Waals surface area (Å²) in [6, 6.07) is 11.0. The van der Waals surface area contributed by atoms with Gasteiger partial charge in [0.05, 0.1) is 6.04 Å². The molecule has 0 amide bonds. The first-order valence-corrected chi connectivity index (χ1v) is 9.55. The van der Waals surface area contributed by atoms with Gasteiger partial charge in [-0.05, 0) is 25.5 Å². The highest BCUT2D eigenvalue weighted by Gasteiger charge is 2.34. The highest BCUT2D eigenvalue weighted by Crippen LogP contribution is 2.39. The molecule has 31 heavy (non-hydrogen) atoms. The summed E-state index contributed by atoms with van der Waals surface area (Å²) in [4.78, 5) is 8.19. The maximum Gasteiger partial charge on any atom is 0.422 e. The minimum absolute atomic E-state index is 0. The Balaban J connectivity index is 0.00000341. The van der Waals surface area contributed by atoms with Gasteiger partial charge in [-0.25, -0.2) is 4.98 Å². The highest BCUT2D eigenvalue weighted by atomic mass is 127. The first-order chi connectivity index (χ1) is 14.1. The molecular weight excluding hydrogens is 524 g/mol. The van der Waals surface area contributed by atoms with Gasteiger partial charge >= 0.3 is 6.18 Å². The van der Waals surface area contributed by atoms with Crippen molar-refractivity contribution < 1.29 is 22.6 Å². The lowest BCUT2D eigenvalue weighted by molar-refractivity contribution is -0.154. The van der Waals surface area contributed by atoms with Gasteiger partial charge in [-0.15, -0.1) is 24.0 Å². The summed E-state index contributed by atoms with van der Waals surface area (Å²) in [5.41, 5.74) is 1.53. The lowest BCUT2D eigenvalue weighted by Crippen LogP contribution is -2.45. The van der Waals surface area contributed by atoms with Crippen molar-refractivity contribution in [1.29, 1.82) is 0 Å². The fraction of sp³-hybridized carbons (Fsp3) is 0.429. The molecule has 1 aromatic carbocycles. The predicted octanol–water partition coefficient (Wildman–Crippen LogP) is 4.61. The number of fused-ring (bicyclic) bond motifs is 1. The van der Waals surface area contributed by atoms with E-state index in [9.17, 15) is 13.2 Å². The van der Waals surface area contributed by atoms with Crippen LogP contribution >= 0.6 is 24.0 Å². The van der Waals surface area contributed by atoms with E-state index in [0.717, 1.165) is 23.3 Å². The minimum atomic E-state index is -4.39. The highest BCUT2D eigenvalue weighted by molar-refractivity contribution is 14.0. The van der Waals surface area contributed by atoms with Crippen LogP contribution in [-0.4, -0.2) is 36.4 Å². The van der Waals surface area contributed by atoms with Crippen LogP contribution in [0.4, 0.5) is 13.2 Å². The summed E-state index contributed by atoms with van der Waals surface area (Å²) in [5.74, 6) is 1.38. The summed E-state index contributed by atoms with van der Waals surface area (Å²) >= 11 is 0. The van der Waals surface area contributed by atoms with Crippen LogP contribution in [0.5, 0.6) is 11.6 Å². The van der Waals surface area contributed by atoms with E-state index in [1.807, 2.05) is 38.1 Å². The van der Waals surface area contributed by atoms with Crippen LogP contribution in [0.25, 0.3) is 0 Å². The van der Waals surface area contributed by atoms with Gasteiger partial charge in [0.15, 0.2) is 12.6 Å². The standard InChI is InChI=1S/C21H25F3N4O2.HI/c1-20(2)10-16(15-6-4-5-7-17(15)30-20)28-19(25-3)27-12-14-8-9-18(26-11-14)29-13-21(22,23)24;/h4-9,11,16H,10,12-13H2,1-3H3,(H2,25,27,28);1H. The molecule has 0 aliphatic carbocycles. The Morgan fingerprint density at radius 3 is 2.65 bits per heavy atom. The molecule has 3 rings (SSSR count). The Morgan fingerprint density at radius 2 is 2.00 bits per heavy atom. The number of aromatic nitrogens is 1. The van der Waals surface area contributed by atoms with Gasteiger partial charge in [-0.2, -0.15) is 13.2 Å². The van der Waals surface area contributed by atoms with Crippen LogP contribution in [0.2, 0.25) is 0 Å². The fourth-order valence-electron chi connectivity index (χ4n) is 3.23. The Morgan fingerprint density at radius 1 is 1.26 bits per heavy atom. The van der Waals surface area contributed by atoms with Gasteiger partial charge in [0.2, 0.25) is 5.88 Å². The number of nitrogens with one attached hydrogen (secondary N) is 2. The van der Waals surface area contributed by atoms with Crippen molar-refractivity contribution in [2.45, 2.75) is 44.6 Å².